The van der Waals surface area contributed by atoms with Gasteiger partial charge in [0, 0.05) is 24.8 Å². The van der Waals surface area contributed by atoms with Crippen LogP contribution in [-0.2, 0) is 11.3 Å². The quantitative estimate of drug-likeness (QED) is 0.659. The molecule has 18 heavy (non-hydrogen) atoms. The first-order valence-corrected chi connectivity index (χ1v) is 5.76. The number of benzene rings is 1. The summed E-state index contributed by atoms with van der Waals surface area (Å²) in [5.41, 5.74) is 0.0958. The summed E-state index contributed by atoms with van der Waals surface area (Å²) < 4.78 is 18.7. The molecule has 2 rings (SSSR count). The van der Waals surface area contributed by atoms with E-state index in [1.807, 2.05) is 6.92 Å². The first-order chi connectivity index (χ1) is 8.50. The van der Waals surface area contributed by atoms with Gasteiger partial charge in [0.1, 0.15) is 0 Å². The van der Waals surface area contributed by atoms with Crippen LogP contribution in [0.15, 0.2) is 18.2 Å². The van der Waals surface area contributed by atoms with E-state index < -0.39 is 16.4 Å². The first-order valence-electron chi connectivity index (χ1n) is 5.76. The number of halogens is 1. The van der Waals surface area contributed by atoms with E-state index >= 15 is 0 Å². The molecule has 0 aliphatic carbocycles. The van der Waals surface area contributed by atoms with E-state index in [0.717, 1.165) is 13.0 Å². The molecule has 1 aromatic rings. The highest BCUT2D eigenvalue weighted by Gasteiger charge is 2.28. The Morgan fingerprint density at radius 2 is 2.39 bits per heavy atom. The van der Waals surface area contributed by atoms with Crippen LogP contribution in [0, 0.1) is 15.9 Å². The molecule has 0 bridgehead atoms. The summed E-state index contributed by atoms with van der Waals surface area (Å²) >= 11 is 0. The molecule has 1 aromatic carbocycles. The first kappa shape index (κ1) is 12.9. The van der Waals surface area contributed by atoms with Gasteiger partial charge in [0.2, 0.25) is 5.82 Å². The summed E-state index contributed by atoms with van der Waals surface area (Å²) in [4.78, 5) is 9.76. The molecule has 5 nitrogen and oxygen atoms in total. The number of nitro groups is 1. The van der Waals surface area contributed by atoms with Gasteiger partial charge in [0.15, 0.2) is 0 Å². The van der Waals surface area contributed by atoms with Crippen LogP contribution >= 0.6 is 0 Å². The van der Waals surface area contributed by atoms with Gasteiger partial charge < -0.3 is 10.1 Å². The molecular formula is C12H15FN2O3. The number of nitro benzene ring substituents is 1. The minimum Gasteiger partial charge on any atom is -0.379 e. The second-order valence-corrected chi connectivity index (χ2v) is 4.76. The van der Waals surface area contributed by atoms with E-state index in [1.165, 1.54) is 12.1 Å². The van der Waals surface area contributed by atoms with Gasteiger partial charge in [-0.1, -0.05) is 6.07 Å². The summed E-state index contributed by atoms with van der Waals surface area (Å²) in [6.07, 6.45) is 0.905. The Morgan fingerprint density at radius 1 is 1.61 bits per heavy atom. The van der Waals surface area contributed by atoms with Gasteiger partial charge in [-0.25, -0.2) is 0 Å². The topological polar surface area (TPSA) is 64.4 Å². The number of ether oxygens (including phenoxy) is 1. The lowest BCUT2D eigenvalue weighted by atomic mass is 10.0. The van der Waals surface area contributed by atoms with Crippen molar-refractivity contribution in [2.24, 2.45) is 0 Å². The molecule has 1 aliphatic rings. The van der Waals surface area contributed by atoms with Crippen molar-refractivity contribution in [3.05, 3.63) is 39.7 Å². The van der Waals surface area contributed by atoms with Gasteiger partial charge in [0.25, 0.3) is 0 Å². The molecule has 0 aromatic heterocycles. The van der Waals surface area contributed by atoms with Gasteiger partial charge in [-0.05, 0) is 25.0 Å². The average molecular weight is 254 g/mol. The molecule has 1 atom stereocenters. The Hall–Kier alpha value is -1.53. The fourth-order valence-corrected chi connectivity index (χ4v) is 1.93. The van der Waals surface area contributed by atoms with Gasteiger partial charge in [-0.3, -0.25) is 10.1 Å². The molecule has 1 fully saturated rings. The Kier molecular flexibility index (Phi) is 3.58. The predicted molar refractivity (Wildman–Crippen MR) is 63.7 cm³/mol. The highest BCUT2D eigenvalue weighted by atomic mass is 19.1. The van der Waals surface area contributed by atoms with Crippen molar-refractivity contribution in [1.82, 2.24) is 5.32 Å². The number of nitrogens with zero attached hydrogens (tertiary/aromatic N) is 1. The zero-order valence-electron chi connectivity index (χ0n) is 10.1. The molecule has 0 saturated carbocycles. The monoisotopic (exact) mass is 254 g/mol. The molecule has 1 aliphatic heterocycles. The molecule has 98 valence electrons. The Morgan fingerprint density at radius 3 is 2.94 bits per heavy atom. The molecular weight excluding hydrogens is 239 g/mol. The second kappa shape index (κ2) is 4.99. The average Bonchev–Trinajstić information content (AvgIpc) is 2.74. The lowest BCUT2D eigenvalue weighted by Crippen LogP contribution is -2.42. The van der Waals surface area contributed by atoms with Crippen LogP contribution < -0.4 is 5.32 Å². The van der Waals surface area contributed by atoms with Crippen LogP contribution in [0.25, 0.3) is 0 Å². The van der Waals surface area contributed by atoms with E-state index in [1.54, 1.807) is 6.07 Å². The highest BCUT2D eigenvalue weighted by molar-refractivity contribution is 5.35. The highest BCUT2D eigenvalue weighted by Crippen LogP contribution is 2.20. The zero-order valence-corrected chi connectivity index (χ0v) is 10.1. The molecule has 6 heteroatoms. The van der Waals surface area contributed by atoms with E-state index in [4.69, 9.17) is 4.74 Å². The maximum atomic E-state index is 13.4. The standard InChI is InChI=1S/C12H15FN2O3/c1-12(4-5-18-8-12)14-7-9-2-3-11(15(16)17)10(13)6-9/h2-3,6,14H,4-5,7-8H2,1H3. The van der Waals surface area contributed by atoms with E-state index in [-0.39, 0.29) is 5.54 Å². The normalized spacial score (nSPS) is 23.2. The third-order valence-electron chi connectivity index (χ3n) is 3.15. The van der Waals surface area contributed by atoms with Crippen LogP contribution in [0.1, 0.15) is 18.9 Å². The summed E-state index contributed by atoms with van der Waals surface area (Å²) in [5, 5.41) is 13.8. The molecule has 1 heterocycles. The van der Waals surface area contributed by atoms with Crippen LogP contribution in [0.5, 0.6) is 0 Å². The van der Waals surface area contributed by atoms with Crippen LogP contribution in [0.2, 0.25) is 0 Å². The van der Waals surface area contributed by atoms with E-state index in [9.17, 15) is 14.5 Å². The van der Waals surface area contributed by atoms with Gasteiger partial charge in [-0.15, -0.1) is 0 Å². The zero-order chi connectivity index (χ0) is 13.2. The van der Waals surface area contributed by atoms with Crippen LogP contribution in [0.4, 0.5) is 10.1 Å². The van der Waals surface area contributed by atoms with Crippen molar-refractivity contribution in [3.8, 4) is 0 Å². The van der Waals surface area contributed by atoms with Crippen molar-refractivity contribution < 1.29 is 14.1 Å². The number of nitrogens with one attached hydrogen (secondary N) is 1. The minimum atomic E-state index is -0.799. The summed E-state index contributed by atoms with van der Waals surface area (Å²) in [6.45, 7) is 3.86. The van der Waals surface area contributed by atoms with Crippen molar-refractivity contribution in [1.29, 1.82) is 0 Å². The Labute approximate surface area is 104 Å². The third kappa shape index (κ3) is 2.83. The van der Waals surface area contributed by atoms with Crippen molar-refractivity contribution >= 4 is 5.69 Å². The van der Waals surface area contributed by atoms with Crippen molar-refractivity contribution in [3.63, 3.8) is 0 Å². The number of rotatable bonds is 4. The lowest BCUT2D eigenvalue weighted by molar-refractivity contribution is -0.387. The van der Waals surface area contributed by atoms with Gasteiger partial charge >= 0.3 is 5.69 Å². The fourth-order valence-electron chi connectivity index (χ4n) is 1.93. The van der Waals surface area contributed by atoms with Crippen LogP contribution in [-0.4, -0.2) is 23.7 Å². The molecule has 0 radical (unpaired) electrons. The maximum absolute atomic E-state index is 13.4. The van der Waals surface area contributed by atoms with Gasteiger partial charge in [-0.2, -0.15) is 4.39 Å². The van der Waals surface area contributed by atoms with Crippen LogP contribution in [0.3, 0.4) is 0 Å². The largest absolute Gasteiger partial charge is 0.379 e. The predicted octanol–water partition coefficient (Wildman–Crippen LogP) is 2.00. The Balaban J connectivity index is 2.02. The smallest absolute Gasteiger partial charge is 0.304 e. The number of hydrogen-bond donors (Lipinski definition) is 1. The molecule has 0 spiro atoms. The molecule has 1 unspecified atom stereocenters. The SMILES string of the molecule is CC1(NCc2ccc([N+](=O)[O-])c(F)c2)CCOC1. The summed E-state index contributed by atoms with van der Waals surface area (Å²) in [7, 11) is 0. The third-order valence-corrected chi connectivity index (χ3v) is 3.15. The maximum Gasteiger partial charge on any atom is 0.304 e. The molecule has 1 saturated heterocycles. The Bertz CT molecular complexity index is 459. The molecule has 0 amide bonds. The van der Waals surface area contributed by atoms with Crippen molar-refractivity contribution in [2.75, 3.05) is 13.2 Å². The van der Waals surface area contributed by atoms with E-state index in [0.29, 0.717) is 18.7 Å². The fraction of sp³-hybridized carbons (Fsp3) is 0.500. The summed E-state index contributed by atoms with van der Waals surface area (Å²) in [6, 6.07) is 3.96. The number of hydrogen-bond acceptors (Lipinski definition) is 4. The minimum absolute atomic E-state index is 0.0990. The molecule has 1 N–H and O–H groups in total. The van der Waals surface area contributed by atoms with Crippen molar-refractivity contribution in [2.45, 2.75) is 25.4 Å². The lowest BCUT2D eigenvalue weighted by Gasteiger charge is -2.23. The van der Waals surface area contributed by atoms with E-state index in [2.05, 4.69) is 5.32 Å². The second-order valence-electron chi connectivity index (χ2n) is 4.76. The van der Waals surface area contributed by atoms with Gasteiger partial charge in [0.05, 0.1) is 11.5 Å². The summed E-state index contributed by atoms with van der Waals surface area (Å²) in [5.74, 6) is -0.799.